The van der Waals surface area contributed by atoms with Gasteiger partial charge in [-0.2, -0.15) is 13.7 Å². The standard InChI is InChI=1S/C10H10ClN.C10H13ClO3S.2C10H11ClO2.C10H13ClO.C9H9ClO2.C9H11ClO.C8H7ClO2.C5H9ClO2/c1-8(6-7-12)9-4-2-3-5-10(9)11;1-8(7-14-15(2,12)13)9-5-3-4-6-10(9)11;1-7(10(12)13-2)8-5-3-4-6-9(8)11;1-7(6-10(12)13)8-4-2-3-5-9(8)11;1-8(6-7-12)9-4-2-3-5-10(9)11;1-12-9(11)6-7-4-2-3-5-8(7)10;1-7(6-11)8-4-2-3-5-9(8)10;9-7-4-2-1-3-6(7)5-8(10)11;1-4(2)3-8-5(6)7/h2-5,8H,6H2,1H3;3-6,8H,7H2,1-2H3;3-7H,1-2H3;2-5,7H,6H2,1H3,(H,12,13);2-5,8,12H,6-7H2,1H3;2-5H,6H2,1H3;2-5,7,11H,6H2,1H3;1-4H,5H2,(H,10,11);4H,3H2,1-2H3. The summed E-state index contributed by atoms with van der Waals surface area (Å²) < 4.78 is 39.9. The van der Waals surface area contributed by atoms with Crippen molar-refractivity contribution in [1.29, 1.82) is 5.26 Å². The van der Waals surface area contributed by atoms with E-state index in [9.17, 15) is 32.4 Å². The first-order chi connectivity index (χ1) is 50.5. The number of carboxylic acids is 2. The van der Waals surface area contributed by atoms with Crippen LogP contribution in [0.5, 0.6) is 0 Å². The molecule has 4 N–H and O–H groups in total. The summed E-state index contributed by atoms with van der Waals surface area (Å²) in [7, 11) is -0.652. The van der Waals surface area contributed by atoms with E-state index in [0.717, 1.165) is 66.7 Å². The lowest BCUT2D eigenvalue weighted by Crippen LogP contribution is -2.10. The van der Waals surface area contributed by atoms with Gasteiger partial charge in [0.25, 0.3) is 10.1 Å². The lowest BCUT2D eigenvalue weighted by Gasteiger charge is -2.12. The lowest BCUT2D eigenvalue weighted by molar-refractivity contribution is -0.142. The van der Waals surface area contributed by atoms with Gasteiger partial charge in [-0.05, 0) is 130 Å². The van der Waals surface area contributed by atoms with Gasteiger partial charge in [0, 0.05) is 83.3 Å². The molecule has 107 heavy (non-hydrogen) atoms. The molecule has 6 unspecified atom stereocenters. The van der Waals surface area contributed by atoms with Crippen molar-refractivity contribution in [3.05, 3.63) is 279 Å². The van der Waals surface area contributed by atoms with Crippen LogP contribution in [0.3, 0.4) is 0 Å². The summed E-state index contributed by atoms with van der Waals surface area (Å²) >= 11 is 52.0. The van der Waals surface area contributed by atoms with Crippen molar-refractivity contribution in [1.82, 2.24) is 0 Å². The fraction of sp³-hybridized carbons (Fsp3) is 0.333. The molecule has 582 valence electrons. The second kappa shape index (κ2) is 57.2. The predicted molar refractivity (Wildman–Crippen MR) is 435 cm³/mol. The summed E-state index contributed by atoms with van der Waals surface area (Å²) in [5, 5.41) is 48.4. The lowest BCUT2D eigenvalue weighted by atomic mass is 9.98. The van der Waals surface area contributed by atoms with Crippen LogP contribution in [0.4, 0.5) is 4.79 Å². The Morgan fingerprint density at radius 2 is 0.776 bits per heavy atom. The number of methoxy groups -OCH3 is 2. The number of nitrogens with zero attached hydrogens (tertiary/aromatic N) is 1. The van der Waals surface area contributed by atoms with Crippen LogP contribution in [0.15, 0.2) is 194 Å². The number of aliphatic hydroxyl groups excluding tert-OH is 2. The van der Waals surface area contributed by atoms with Crippen LogP contribution in [0.2, 0.25) is 40.2 Å². The smallest absolute Gasteiger partial charge is 0.403 e. The molecule has 16 nitrogen and oxygen atoms in total. The van der Waals surface area contributed by atoms with Gasteiger partial charge in [0.2, 0.25) is 0 Å². The topological polar surface area (TPSA) is 261 Å². The fourth-order valence-electron chi connectivity index (χ4n) is 8.79. The van der Waals surface area contributed by atoms with Crippen molar-refractivity contribution in [3.63, 3.8) is 0 Å². The Labute approximate surface area is 675 Å². The first-order valence-electron chi connectivity index (χ1n) is 33.3. The molecule has 8 aromatic rings. The third kappa shape index (κ3) is 45.0. The molecule has 8 rings (SSSR count). The number of nitriles is 1. The molecule has 0 saturated heterocycles. The summed E-state index contributed by atoms with van der Waals surface area (Å²) in [5.74, 6) is -1.55. The first kappa shape index (κ1) is 100. The second-order valence-corrected chi connectivity index (χ2v) is 29.2. The number of carboxylic acid groups (broad SMARTS) is 2. The van der Waals surface area contributed by atoms with Crippen LogP contribution in [-0.2, 0) is 60.5 Å². The Kier molecular flexibility index (Phi) is 53.5. The highest BCUT2D eigenvalue weighted by atomic mass is 35.5. The van der Waals surface area contributed by atoms with Crippen LogP contribution in [0, 0.1) is 17.2 Å². The van der Waals surface area contributed by atoms with E-state index in [1.807, 2.05) is 181 Å². The van der Waals surface area contributed by atoms with E-state index < -0.39 is 27.5 Å². The number of carbonyl (C=O) groups is 5. The number of halogens is 9. The van der Waals surface area contributed by atoms with Gasteiger partial charge in [0.05, 0.1) is 64.9 Å². The van der Waals surface area contributed by atoms with E-state index in [4.69, 9.17) is 134 Å². The molecule has 0 heterocycles. The highest BCUT2D eigenvalue weighted by Gasteiger charge is 2.19. The molecule has 0 aliphatic rings. The maximum Gasteiger partial charge on any atom is 0.403 e. The summed E-state index contributed by atoms with van der Waals surface area (Å²) in [6.07, 6.45) is 2.65. The largest absolute Gasteiger partial charge is 0.481 e. The Bertz CT molecular complexity index is 4090. The number of hydrogen-bond acceptors (Lipinski definition) is 14. The molecule has 0 saturated carbocycles. The molecule has 0 aliphatic heterocycles. The monoisotopic (exact) mass is 1670 g/mol. The number of ether oxygens (including phenoxy) is 3. The van der Waals surface area contributed by atoms with Gasteiger partial charge in [0.1, 0.15) is 0 Å². The number of rotatable bonds is 22. The van der Waals surface area contributed by atoms with E-state index >= 15 is 0 Å². The minimum absolute atomic E-state index is 0.0142. The van der Waals surface area contributed by atoms with Crippen molar-refractivity contribution < 1.29 is 71.2 Å². The zero-order chi connectivity index (χ0) is 81.2. The molecular formula is C81H94Cl9NO15S. The Morgan fingerprint density at radius 1 is 0.439 bits per heavy atom. The van der Waals surface area contributed by atoms with Gasteiger partial charge in [0.15, 0.2) is 0 Å². The van der Waals surface area contributed by atoms with Gasteiger partial charge in [-0.3, -0.25) is 23.4 Å². The number of aliphatic hydroxyl groups is 2. The van der Waals surface area contributed by atoms with E-state index in [2.05, 4.69) is 27.2 Å². The van der Waals surface area contributed by atoms with Crippen molar-refractivity contribution in [2.24, 2.45) is 5.92 Å². The zero-order valence-electron chi connectivity index (χ0n) is 61.4. The Morgan fingerprint density at radius 3 is 1.07 bits per heavy atom. The van der Waals surface area contributed by atoms with Gasteiger partial charge in [-0.25, -0.2) is 4.79 Å². The normalized spacial score (nSPS) is 11.8. The summed E-state index contributed by atoms with van der Waals surface area (Å²) in [5.41, 5.74) is 6.50. The minimum Gasteiger partial charge on any atom is -0.481 e. The number of benzene rings is 8. The van der Waals surface area contributed by atoms with Gasteiger partial charge >= 0.3 is 29.3 Å². The van der Waals surface area contributed by atoms with Gasteiger partial charge in [-0.15, -0.1) is 0 Å². The number of esters is 2. The van der Waals surface area contributed by atoms with Crippen LogP contribution in [-0.4, -0.2) is 105 Å². The maximum atomic E-state index is 11.2. The summed E-state index contributed by atoms with van der Waals surface area (Å²) in [6, 6.07) is 61.2. The second-order valence-electron chi connectivity index (χ2n) is 24.0. The molecule has 0 fully saturated rings. The summed E-state index contributed by atoms with van der Waals surface area (Å²) in [4.78, 5) is 52.6. The third-order valence-electron chi connectivity index (χ3n) is 14.7. The minimum atomic E-state index is -3.38. The van der Waals surface area contributed by atoms with Gasteiger partial charge < -0.3 is 34.6 Å². The average molecular weight is 1670 g/mol. The molecular weight excluding hydrogens is 1580 g/mol. The molecule has 0 aliphatic carbocycles. The SMILES string of the molecule is CC(C)COC(=O)Cl.CC(CC#N)c1ccccc1Cl.CC(CC(=O)O)c1ccccc1Cl.CC(CCO)c1ccccc1Cl.CC(CO)c1ccccc1Cl.CC(COS(C)(=O)=O)c1ccccc1Cl.COC(=O)C(C)c1ccccc1Cl.COC(=O)Cc1ccccc1Cl.O=C(O)Cc1ccccc1Cl. The van der Waals surface area contributed by atoms with Crippen LogP contribution in [0.1, 0.15) is 155 Å². The molecule has 0 radical (unpaired) electrons. The molecule has 0 amide bonds. The van der Waals surface area contributed by atoms with E-state index in [-0.39, 0.29) is 80.6 Å². The Balaban J connectivity index is 0.00000119. The molecule has 6 atom stereocenters. The van der Waals surface area contributed by atoms with E-state index in [0.29, 0.717) is 55.5 Å². The van der Waals surface area contributed by atoms with Gasteiger partial charge in [-0.1, -0.05) is 287 Å². The van der Waals surface area contributed by atoms with E-state index in [1.54, 1.807) is 61.5 Å². The third-order valence-corrected chi connectivity index (χ3v) is 18.2. The summed E-state index contributed by atoms with van der Waals surface area (Å²) in [6.45, 7) is 16.3. The molecule has 0 aromatic heterocycles. The highest BCUT2D eigenvalue weighted by Crippen LogP contribution is 2.30. The van der Waals surface area contributed by atoms with E-state index in [1.165, 1.54) is 14.2 Å². The maximum absolute atomic E-state index is 11.2. The van der Waals surface area contributed by atoms with Crippen molar-refractivity contribution in [2.45, 2.75) is 123 Å². The molecule has 26 heteroatoms. The average Bonchev–Trinajstić information content (AvgIpc) is 0.845. The Hall–Kier alpha value is -6.96. The van der Waals surface area contributed by atoms with Crippen molar-refractivity contribution in [3.8, 4) is 6.07 Å². The number of carbonyl (C=O) groups excluding carboxylic acids is 3. The van der Waals surface area contributed by atoms with Crippen LogP contribution >= 0.6 is 104 Å². The van der Waals surface area contributed by atoms with Crippen molar-refractivity contribution in [2.75, 3.05) is 46.9 Å². The number of hydrogen-bond donors (Lipinski definition) is 4. The molecule has 8 aromatic carbocycles. The highest BCUT2D eigenvalue weighted by molar-refractivity contribution is 7.86. The quantitative estimate of drug-likeness (QED) is 0.0213. The fourth-order valence-corrected chi connectivity index (χ4v) is 11.6. The van der Waals surface area contributed by atoms with Crippen molar-refractivity contribution >= 4 is 144 Å². The first-order valence-corrected chi connectivity index (χ1v) is 38.5. The zero-order valence-corrected chi connectivity index (χ0v) is 69.0. The van der Waals surface area contributed by atoms with Crippen LogP contribution in [0.25, 0.3) is 0 Å². The molecule has 0 spiro atoms. The molecule has 0 bridgehead atoms. The van der Waals surface area contributed by atoms with Crippen LogP contribution < -0.4 is 0 Å². The predicted octanol–water partition coefficient (Wildman–Crippen LogP) is 22.6. The number of aliphatic carboxylic acids is 2.